The predicted octanol–water partition coefficient (Wildman–Crippen LogP) is 2.87. The lowest BCUT2D eigenvalue weighted by molar-refractivity contribution is -0.140. The Morgan fingerprint density at radius 2 is 2.06 bits per heavy atom. The molecule has 1 aromatic carbocycles. The van der Waals surface area contributed by atoms with Gasteiger partial charge in [-0.05, 0) is 43.9 Å². The van der Waals surface area contributed by atoms with E-state index < -0.39 is 30.4 Å². The molecule has 1 aliphatic heterocycles. The van der Waals surface area contributed by atoms with Gasteiger partial charge in [0.2, 0.25) is 11.8 Å². The highest BCUT2D eigenvalue weighted by molar-refractivity contribution is 6.30. The third-order valence-electron chi connectivity index (χ3n) is 6.87. The molecule has 10 heteroatoms. The number of Topliss-reactive ketones (excluding diaryl/α,β-unsaturated/α-hetero) is 1. The Hall–Kier alpha value is -3.30. The fourth-order valence-corrected chi connectivity index (χ4v) is 5.26. The fourth-order valence-electron chi connectivity index (χ4n) is 5.08. The fraction of sp³-hybridized carbons (Fsp3) is 0.360. The molecule has 2 N–H and O–H groups in total. The molecule has 2 fully saturated rings. The van der Waals surface area contributed by atoms with Crippen molar-refractivity contribution in [2.24, 2.45) is 5.92 Å². The van der Waals surface area contributed by atoms with E-state index in [4.69, 9.17) is 11.6 Å². The number of likely N-dealkylation sites (tertiary alicyclic amines) is 1. The number of fused-ring (bicyclic) bond motifs is 2. The lowest BCUT2D eigenvalue weighted by atomic mass is 10.1. The number of pyridine rings is 1. The molecule has 0 unspecified atom stereocenters. The van der Waals surface area contributed by atoms with Crippen LogP contribution < -0.4 is 5.32 Å². The number of aliphatic hydroxyl groups is 1. The first-order valence-electron chi connectivity index (χ1n) is 11.4. The molecular formula is C25H24ClFN4O4. The minimum Gasteiger partial charge on any atom is -0.394 e. The number of nitrogens with zero attached hydrogens (tertiary/aromatic N) is 3. The number of nitrogens with one attached hydrogen (secondary N) is 1. The Bertz CT molecular complexity index is 1340. The van der Waals surface area contributed by atoms with Gasteiger partial charge >= 0.3 is 0 Å². The minimum atomic E-state index is -0.995. The molecular weight excluding hydrogens is 475 g/mol. The molecule has 8 nitrogen and oxygen atoms in total. The zero-order valence-electron chi connectivity index (χ0n) is 18.9. The number of aromatic nitrogens is 2. The van der Waals surface area contributed by atoms with Crippen molar-refractivity contribution in [3.63, 3.8) is 0 Å². The lowest BCUT2D eigenvalue weighted by Gasteiger charge is -2.29. The molecule has 2 aliphatic rings. The van der Waals surface area contributed by atoms with Gasteiger partial charge in [-0.15, -0.1) is 0 Å². The van der Waals surface area contributed by atoms with Gasteiger partial charge in [0.25, 0.3) is 0 Å². The van der Waals surface area contributed by atoms with Crippen LogP contribution in [0, 0.1) is 11.7 Å². The average Bonchev–Trinajstić information content (AvgIpc) is 3.34. The van der Waals surface area contributed by atoms with Crippen molar-refractivity contribution in [3.8, 4) is 0 Å². The van der Waals surface area contributed by atoms with Crippen LogP contribution in [0.2, 0.25) is 5.02 Å². The van der Waals surface area contributed by atoms with E-state index in [1.165, 1.54) is 19.1 Å². The van der Waals surface area contributed by atoms with E-state index in [1.807, 2.05) is 0 Å². The van der Waals surface area contributed by atoms with Gasteiger partial charge in [0.05, 0.1) is 17.7 Å². The van der Waals surface area contributed by atoms with Gasteiger partial charge in [-0.1, -0.05) is 23.7 Å². The first-order valence-corrected chi connectivity index (χ1v) is 11.8. The average molecular weight is 499 g/mol. The standard InChI is InChI=1S/C25H24ClFN4O4/c1-13(33)17-10-30(24-15(17)5-3-7-28-24)11-22(34)31-20-8-14(20)9-21(31)25(35)29-19(12-32)16-4-2-6-18(26)23(16)27/h2-7,10,14,19-21,32H,8-9,11-12H2,1H3,(H,29,35)/t14-,19-,20-,21+/m1/s1. The summed E-state index contributed by atoms with van der Waals surface area (Å²) in [6.07, 6.45) is 4.55. The Balaban J connectivity index is 1.36. The second-order valence-electron chi connectivity index (χ2n) is 9.10. The van der Waals surface area contributed by atoms with Gasteiger partial charge in [0, 0.05) is 34.9 Å². The molecule has 2 amide bonds. The van der Waals surface area contributed by atoms with Crippen molar-refractivity contribution in [2.75, 3.05) is 6.61 Å². The second kappa shape index (κ2) is 9.05. The van der Waals surface area contributed by atoms with Gasteiger partial charge in [0.1, 0.15) is 24.1 Å². The predicted molar refractivity (Wildman–Crippen MR) is 126 cm³/mol. The highest BCUT2D eigenvalue weighted by atomic mass is 35.5. The third-order valence-corrected chi connectivity index (χ3v) is 7.16. The highest BCUT2D eigenvalue weighted by Gasteiger charge is 2.56. The van der Waals surface area contributed by atoms with Crippen LogP contribution in [0.4, 0.5) is 4.39 Å². The van der Waals surface area contributed by atoms with Crippen LogP contribution >= 0.6 is 11.6 Å². The quantitative estimate of drug-likeness (QED) is 0.487. The molecule has 1 saturated carbocycles. The zero-order chi connectivity index (χ0) is 24.9. The van der Waals surface area contributed by atoms with E-state index in [2.05, 4.69) is 10.3 Å². The maximum Gasteiger partial charge on any atom is 0.243 e. The van der Waals surface area contributed by atoms with Gasteiger partial charge in [-0.3, -0.25) is 14.4 Å². The number of amides is 2. The molecule has 3 aromatic rings. The zero-order valence-corrected chi connectivity index (χ0v) is 19.7. The smallest absolute Gasteiger partial charge is 0.243 e. The summed E-state index contributed by atoms with van der Waals surface area (Å²) >= 11 is 5.86. The van der Waals surface area contributed by atoms with Gasteiger partial charge in [-0.2, -0.15) is 0 Å². The van der Waals surface area contributed by atoms with E-state index in [-0.39, 0.29) is 40.8 Å². The minimum absolute atomic E-state index is 0.0317. The summed E-state index contributed by atoms with van der Waals surface area (Å²) in [7, 11) is 0. The SMILES string of the molecule is CC(=O)c1cn(CC(=O)N2[C@@H]3C[C@@H]3C[C@H]2C(=O)N[C@H](CO)c2cccc(Cl)c2F)c2ncccc12. The monoisotopic (exact) mass is 498 g/mol. The molecule has 0 radical (unpaired) electrons. The highest BCUT2D eigenvalue weighted by Crippen LogP contribution is 2.48. The van der Waals surface area contributed by atoms with E-state index in [1.54, 1.807) is 40.1 Å². The van der Waals surface area contributed by atoms with Crippen LogP contribution in [-0.4, -0.2) is 55.8 Å². The summed E-state index contributed by atoms with van der Waals surface area (Å²) in [5, 5.41) is 13.1. The molecule has 4 atom stereocenters. The Morgan fingerprint density at radius 3 is 2.80 bits per heavy atom. The number of hydrogen-bond donors (Lipinski definition) is 2. The number of halogens is 2. The van der Waals surface area contributed by atoms with Crippen molar-refractivity contribution < 1.29 is 23.9 Å². The summed E-state index contributed by atoms with van der Waals surface area (Å²) in [6.45, 7) is 0.870. The van der Waals surface area contributed by atoms with Crippen LogP contribution in [0.15, 0.2) is 42.7 Å². The van der Waals surface area contributed by atoms with E-state index in [9.17, 15) is 23.9 Å². The number of carbonyl (C=O) groups excluding carboxylic acids is 3. The molecule has 5 rings (SSSR count). The molecule has 2 aromatic heterocycles. The number of piperidine rings is 1. The summed E-state index contributed by atoms with van der Waals surface area (Å²) < 4.78 is 16.1. The molecule has 1 aliphatic carbocycles. The maximum absolute atomic E-state index is 14.5. The van der Waals surface area contributed by atoms with Crippen LogP contribution in [0.25, 0.3) is 11.0 Å². The second-order valence-corrected chi connectivity index (χ2v) is 9.51. The van der Waals surface area contributed by atoms with Gasteiger partial charge < -0.3 is 19.9 Å². The Kier molecular flexibility index (Phi) is 6.06. The lowest BCUT2D eigenvalue weighted by Crippen LogP contribution is -2.50. The molecule has 3 heterocycles. The van der Waals surface area contributed by atoms with E-state index >= 15 is 0 Å². The first kappa shape index (κ1) is 23.4. The van der Waals surface area contributed by atoms with E-state index in [0.717, 1.165) is 6.42 Å². The molecule has 0 spiro atoms. The van der Waals surface area contributed by atoms with Crippen molar-refractivity contribution in [1.82, 2.24) is 19.8 Å². The van der Waals surface area contributed by atoms with Crippen molar-refractivity contribution in [2.45, 2.75) is 44.4 Å². The molecule has 35 heavy (non-hydrogen) atoms. The van der Waals surface area contributed by atoms with Gasteiger partial charge in [0.15, 0.2) is 5.78 Å². The Labute approximate surface area is 205 Å². The molecule has 0 bridgehead atoms. The van der Waals surface area contributed by atoms with Gasteiger partial charge in [-0.25, -0.2) is 9.37 Å². The summed E-state index contributed by atoms with van der Waals surface area (Å²) in [5.41, 5.74) is 1.08. The number of aliphatic hydroxyl groups excluding tert-OH is 1. The number of hydrogen-bond acceptors (Lipinski definition) is 5. The van der Waals surface area contributed by atoms with Crippen molar-refractivity contribution >= 4 is 40.2 Å². The maximum atomic E-state index is 14.5. The van der Waals surface area contributed by atoms with Crippen LogP contribution in [0.3, 0.4) is 0 Å². The van der Waals surface area contributed by atoms with Crippen LogP contribution in [0.5, 0.6) is 0 Å². The van der Waals surface area contributed by atoms with Crippen LogP contribution in [-0.2, 0) is 16.1 Å². The summed E-state index contributed by atoms with van der Waals surface area (Å²) in [6, 6.07) is 6.14. The summed E-state index contributed by atoms with van der Waals surface area (Å²) in [4.78, 5) is 44.6. The number of carbonyl (C=O) groups is 3. The number of ketones is 1. The topological polar surface area (TPSA) is 105 Å². The van der Waals surface area contributed by atoms with Crippen molar-refractivity contribution in [3.05, 3.63) is 64.7 Å². The molecule has 1 saturated heterocycles. The summed E-state index contributed by atoms with van der Waals surface area (Å²) in [5.74, 6) is -1.31. The molecule has 182 valence electrons. The largest absolute Gasteiger partial charge is 0.394 e. The third kappa shape index (κ3) is 4.19. The number of benzene rings is 1. The number of rotatable bonds is 7. The van der Waals surface area contributed by atoms with Crippen molar-refractivity contribution in [1.29, 1.82) is 0 Å². The van der Waals surface area contributed by atoms with Crippen LogP contribution in [0.1, 0.15) is 41.7 Å². The normalized spacial score (nSPS) is 21.6. The Morgan fingerprint density at radius 1 is 1.26 bits per heavy atom. The first-order chi connectivity index (χ1) is 16.8. The van der Waals surface area contributed by atoms with E-state index in [0.29, 0.717) is 23.0 Å².